The van der Waals surface area contributed by atoms with Crippen LogP contribution in [0.2, 0.25) is 0 Å². The summed E-state index contributed by atoms with van der Waals surface area (Å²) in [4.78, 5) is 44.7. The quantitative estimate of drug-likeness (QED) is 0.542. The summed E-state index contributed by atoms with van der Waals surface area (Å²) in [5, 5.41) is 30.6. The Morgan fingerprint density at radius 3 is 2.70 bits per heavy atom. The van der Waals surface area contributed by atoms with Crippen molar-refractivity contribution in [1.29, 1.82) is 0 Å². The fourth-order valence-electron chi connectivity index (χ4n) is 4.15. The number of β-lactam (4-membered cyclic amide) rings is 1. The number of aliphatic hydroxyl groups excluding tert-OH is 2. The third kappa shape index (κ3) is 3.25. The van der Waals surface area contributed by atoms with E-state index in [0.29, 0.717) is 15.5 Å². The van der Waals surface area contributed by atoms with Gasteiger partial charge in [0.25, 0.3) is 5.91 Å². The van der Waals surface area contributed by atoms with E-state index in [1.807, 2.05) is 6.92 Å². The van der Waals surface area contributed by atoms with E-state index in [2.05, 4.69) is 4.98 Å². The zero-order chi connectivity index (χ0) is 21.7. The summed E-state index contributed by atoms with van der Waals surface area (Å²) in [5.41, 5.74) is 1.81. The lowest BCUT2D eigenvalue weighted by atomic mass is 9.79. The number of rotatable bonds is 6. The molecule has 0 aliphatic carbocycles. The number of aliphatic hydroxyl groups is 2. The molecule has 0 unspecified atom stereocenters. The number of aliphatic carboxylic acids is 1. The van der Waals surface area contributed by atoms with Crippen LogP contribution in [0.1, 0.15) is 29.2 Å². The average molecular weight is 452 g/mol. The third-order valence-electron chi connectivity index (χ3n) is 5.67. The first kappa shape index (κ1) is 21.0. The summed E-state index contributed by atoms with van der Waals surface area (Å²) < 4.78 is 0. The maximum Gasteiger partial charge on any atom is 0.353 e. The first-order chi connectivity index (χ1) is 14.2. The van der Waals surface area contributed by atoms with E-state index in [4.69, 9.17) is 0 Å². The molecule has 2 saturated heterocycles. The molecule has 30 heavy (non-hydrogen) atoms. The number of carboxylic acid groups (broad SMARTS) is 1. The van der Waals surface area contributed by atoms with Gasteiger partial charge in [-0.25, -0.2) is 9.78 Å². The van der Waals surface area contributed by atoms with Crippen molar-refractivity contribution in [3.05, 3.63) is 32.1 Å². The molecule has 3 aliphatic heterocycles. The molecule has 0 spiro atoms. The molecule has 4 rings (SSSR count). The number of thioether (sulfide) groups is 1. The largest absolute Gasteiger partial charge is 0.477 e. The molecule has 3 N–H and O–H groups in total. The zero-order valence-corrected chi connectivity index (χ0v) is 17.9. The summed E-state index contributed by atoms with van der Waals surface area (Å²) in [6.45, 7) is 3.96. The fourth-order valence-corrected chi connectivity index (χ4v) is 5.91. The Labute approximate surface area is 180 Å². The highest BCUT2D eigenvalue weighted by molar-refractivity contribution is 8.06. The lowest BCUT2D eigenvalue weighted by Gasteiger charge is -2.46. The standard InChI is InChI=1S/C19H21N3O6S2/c1-8-14-12(9(2)23)17(25)22(14)15(19(27)28)16(8)29-4-3-11-13(20-7-30-11)18(26)21-5-10(24)6-21/h3-4,7-10,12,14,23-24H,5-6H2,1-2H3,(H,27,28)/t8-,9-,12-,14-/m1/s1. The molecule has 1 aromatic rings. The number of carboxylic acids is 1. The predicted molar refractivity (Wildman–Crippen MR) is 110 cm³/mol. The number of aromatic nitrogens is 1. The number of carbonyl (C=O) groups excluding carboxylic acids is 2. The number of hydrogen-bond donors (Lipinski definition) is 3. The minimum Gasteiger partial charge on any atom is -0.477 e. The molecule has 0 bridgehead atoms. The molecule has 160 valence electrons. The molecule has 2 amide bonds. The average Bonchev–Trinajstić information content (AvgIpc) is 3.20. The molecular weight excluding hydrogens is 430 g/mol. The van der Waals surface area contributed by atoms with Gasteiger partial charge in [-0.3, -0.25) is 9.59 Å². The molecule has 0 radical (unpaired) electrons. The summed E-state index contributed by atoms with van der Waals surface area (Å²) in [6, 6.07) is -0.363. The Balaban J connectivity index is 1.52. The van der Waals surface area contributed by atoms with Crippen LogP contribution in [0, 0.1) is 11.8 Å². The molecular formula is C19H21N3O6S2. The van der Waals surface area contributed by atoms with Crippen LogP contribution < -0.4 is 0 Å². The second-order valence-corrected chi connectivity index (χ2v) is 9.46. The van der Waals surface area contributed by atoms with Crippen molar-refractivity contribution in [2.45, 2.75) is 32.1 Å². The molecule has 4 heterocycles. The maximum atomic E-state index is 12.5. The van der Waals surface area contributed by atoms with Gasteiger partial charge >= 0.3 is 5.97 Å². The monoisotopic (exact) mass is 451 g/mol. The number of nitrogens with zero attached hydrogens (tertiary/aromatic N) is 3. The number of hydrogen-bond acceptors (Lipinski definition) is 8. The number of fused-ring (bicyclic) bond motifs is 1. The van der Waals surface area contributed by atoms with Crippen LogP contribution in [0.15, 0.2) is 21.5 Å². The topological polar surface area (TPSA) is 131 Å². The highest BCUT2D eigenvalue weighted by atomic mass is 32.2. The second-order valence-electron chi connectivity index (χ2n) is 7.62. The Bertz CT molecular complexity index is 965. The van der Waals surface area contributed by atoms with Gasteiger partial charge in [-0.1, -0.05) is 18.7 Å². The molecule has 1 aromatic heterocycles. The Morgan fingerprint density at radius 1 is 1.40 bits per heavy atom. The van der Waals surface area contributed by atoms with Crippen molar-refractivity contribution in [3.8, 4) is 0 Å². The maximum absolute atomic E-state index is 12.5. The highest BCUT2D eigenvalue weighted by Gasteiger charge is 2.59. The van der Waals surface area contributed by atoms with E-state index in [1.54, 1.807) is 17.0 Å². The summed E-state index contributed by atoms with van der Waals surface area (Å²) >= 11 is 2.48. The summed E-state index contributed by atoms with van der Waals surface area (Å²) in [6.07, 6.45) is 0.363. The molecule has 3 aliphatic rings. The van der Waals surface area contributed by atoms with Gasteiger partial charge in [0.05, 0.1) is 34.6 Å². The van der Waals surface area contributed by atoms with Gasteiger partial charge in [0.15, 0.2) is 0 Å². The number of amides is 2. The predicted octanol–water partition coefficient (Wildman–Crippen LogP) is 0.817. The Morgan fingerprint density at radius 2 is 2.10 bits per heavy atom. The molecule has 4 atom stereocenters. The van der Waals surface area contributed by atoms with E-state index in [9.17, 15) is 29.7 Å². The van der Waals surface area contributed by atoms with Crippen molar-refractivity contribution in [1.82, 2.24) is 14.8 Å². The molecule has 11 heteroatoms. The summed E-state index contributed by atoms with van der Waals surface area (Å²) in [7, 11) is 0. The minimum atomic E-state index is -1.18. The molecule has 9 nitrogen and oxygen atoms in total. The van der Waals surface area contributed by atoms with Crippen molar-refractivity contribution in [2.24, 2.45) is 11.8 Å². The van der Waals surface area contributed by atoms with Gasteiger partial charge in [-0.15, -0.1) is 11.3 Å². The first-order valence-corrected chi connectivity index (χ1v) is 11.2. The van der Waals surface area contributed by atoms with Crippen molar-refractivity contribution < 1.29 is 29.7 Å². The van der Waals surface area contributed by atoms with Gasteiger partial charge in [0.1, 0.15) is 11.4 Å². The van der Waals surface area contributed by atoms with Gasteiger partial charge < -0.3 is 25.1 Å². The highest BCUT2D eigenvalue weighted by Crippen LogP contribution is 2.50. The van der Waals surface area contributed by atoms with Crippen LogP contribution in [-0.2, 0) is 9.59 Å². The SMILES string of the molecule is C[C@@H](O)[C@H]1C(=O)N2C(C(=O)O)=C(SC=Cc3scnc3C(=O)N3CC(O)C3)[C@H](C)[C@H]12. The van der Waals surface area contributed by atoms with Crippen LogP contribution >= 0.6 is 23.1 Å². The molecule has 0 aromatic carbocycles. The Hall–Kier alpha value is -2.21. The fraction of sp³-hybridized carbons (Fsp3) is 0.474. The van der Waals surface area contributed by atoms with Crippen molar-refractivity contribution >= 4 is 47.0 Å². The zero-order valence-electron chi connectivity index (χ0n) is 16.3. The van der Waals surface area contributed by atoms with E-state index in [1.165, 1.54) is 39.8 Å². The van der Waals surface area contributed by atoms with Gasteiger partial charge in [0, 0.05) is 23.9 Å². The van der Waals surface area contributed by atoms with Crippen LogP contribution in [-0.4, -0.2) is 79.2 Å². The van der Waals surface area contributed by atoms with Crippen LogP contribution in [0.25, 0.3) is 6.08 Å². The number of thiazole rings is 1. The molecule has 0 saturated carbocycles. The van der Waals surface area contributed by atoms with Crippen LogP contribution in [0.4, 0.5) is 0 Å². The van der Waals surface area contributed by atoms with Gasteiger partial charge in [0.2, 0.25) is 5.91 Å². The molecule has 2 fully saturated rings. The van der Waals surface area contributed by atoms with Gasteiger partial charge in [-0.05, 0) is 18.4 Å². The van der Waals surface area contributed by atoms with Gasteiger partial charge in [-0.2, -0.15) is 0 Å². The van der Waals surface area contributed by atoms with E-state index < -0.39 is 24.1 Å². The number of carbonyl (C=O) groups is 3. The second kappa shape index (κ2) is 7.80. The third-order valence-corrected chi connectivity index (χ3v) is 7.56. The first-order valence-electron chi connectivity index (χ1n) is 9.45. The van der Waals surface area contributed by atoms with Crippen molar-refractivity contribution in [2.75, 3.05) is 13.1 Å². The van der Waals surface area contributed by atoms with E-state index >= 15 is 0 Å². The van der Waals surface area contributed by atoms with E-state index in [0.717, 1.165) is 0 Å². The summed E-state index contributed by atoms with van der Waals surface area (Å²) in [5.74, 6) is -2.63. The number of β-amino-alcohol motifs (C(OH)–C–C–N with tert-alkyl or cyclic N) is 1. The van der Waals surface area contributed by atoms with E-state index in [-0.39, 0.29) is 42.6 Å². The normalized spacial score (nSPS) is 27.3. The number of likely N-dealkylation sites (tertiary alicyclic amines) is 1. The Kier molecular flexibility index (Phi) is 5.47. The lowest BCUT2D eigenvalue weighted by molar-refractivity contribution is -0.163. The van der Waals surface area contributed by atoms with Crippen molar-refractivity contribution in [3.63, 3.8) is 0 Å². The van der Waals surface area contributed by atoms with Crippen LogP contribution in [0.5, 0.6) is 0 Å². The van der Waals surface area contributed by atoms with Crippen LogP contribution in [0.3, 0.4) is 0 Å². The smallest absolute Gasteiger partial charge is 0.353 e. The minimum absolute atomic E-state index is 0.0424. The lowest BCUT2D eigenvalue weighted by Crippen LogP contribution is -2.63.